The molecule has 0 saturated carbocycles. The summed E-state index contributed by atoms with van der Waals surface area (Å²) in [4.78, 5) is 10.5. The molecule has 120 valence electrons. The number of Topliss-reactive ketones (excluding diaryl/α,β-unsaturated/α-hetero) is 1. The van der Waals surface area contributed by atoms with Crippen molar-refractivity contribution in [2.24, 2.45) is 0 Å². The molecule has 0 aromatic heterocycles. The van der Waals surface area contributed by atoms with Gasteiger partial charge in [-0.3, -0.25) is 4.79 Å². The summed E-state index contributed by atoms with van der Waals surface area (Å²) < 4.78 is 31.5. The lowest BCUT2D eigenvalue weighted by Gasteiger charge is -2.16. The number of rotatable bonds is 3. The molecule has 0 amide bonds. The maximum Gasteiger partial charge on any atom is 0.178 e. The highest BCUT2D eigenvalue weighted by Gasteiger charge is 2.30. The van der Waals surface area contributed by atoms with Crippen LogP contribution in [-0.2, 0) is 25.8 Å². The first-order valence-electron chi connectivity index (χ1n) is 6.48. The molecule has 0 aliphatic carbocycles. The molecule has 21 heavy (non-hydrogen) atoms. The van der Waals surface area contributed by atoms with Gasteiger partial charge < -0.3 is 4.55 Å². The summed E-state index contributed by atoms with van der Waals surface area (Å²) in [5, 5.41) is 0. The van der Waals surface area contributed by atoms with Crippen molar-refractivity contribution in [2.45, 2.75) is 44.3 Å². The predicted octanol–water partition coefficient (Wildman–Crippen LogP) is 2.52. The molecule has 0 saturated heterocycles. The molecule has 6 heteroatoms. The Hall–Kier alpha value is -0.850. The van der Waals surface area contributed by atoms with Crippen LogP contribution in [-0.4, -0.2) is 35.5 Å². The van der Waals surface area contributed by atoms with E-state index in [0.717, 1.165) is 11.3 Å². The van der Waals surface area contributed by atoms with E-state index in [2.05, 4.69) is 27.0 Å². The molecule has 1 aromatic rings. The van der Waals surface area contributed by atoms with E-state index in [-0.39, 0.29) is 15.8 Å². The van der Waals surface area contributed by atoms with Crippen molar-refractivity contribution in [3.05, 3.63) is 29.8 Å². The van der Waals surface area contributed by atoms with Crippen molar-refractivity contribution in [1.82, 2.24) is 0 Å². The zero-order valence-corrected chi connectivity index (χ0v) is 15.1. The molecule has 0 aliphatic heterocycles. The maximum atomic E-state index is 10.7. The zero-order chi connectivity index (χ0) is 16.8. The van der Waals surface area contributed by atoms with Crippen LogP contribution in [0.4, 0.5) is 0 Å². The van der Waals surface area contributed by atoms with E-state index in [1.807, 2.05) is 6.92 Å². The van der Waals surface area contributed by atoms with Crippen molar-refractivity contribution in [2.75, 3.05) is 12.0 Å². The molecule has 0 N–H and O–H groups in total. The van der Waals surface area contributed by atoms with Crippen LogP contribution >= 0.6 is 0 Å². The van der Waals surface area contributed by atoms with Gasteiger partial charge in [-0.15, -0.1) is 0 Å². The van der Waals surface area contributed by atoms with Crippen LogP contribution in [0.5, 0.6) is 0 Å². The molecule has 0 radical (unpaired) electrons. The average Bonchev–Trinajstić information content (AvgIpc) is 2.26. The largest absolute Gasteiger partial charge is 0.744 e. The number of carbonyl (C=O) groups excluding carboxylic acids is 1. The van der Waals surface area contributed by atoms with Gasteiger partial charge in [0, 0.05) is 0 Å². The lowest BCUT2D eigenvalue weighted by Crippen LogP contribution is -2.31. The molecule has 0 bridgehead atoms. The molecule has 0 heterocycles. The van der Waals surface area contributed by atoms with E-state index in [9.17, 15) is 17.8 Å². The van der Waals surface area contributed by atoms with Crippen LogP contribution in [0.3, 0.4) is 0 Å². The number of benzene rings is 1. The Labute approximate surface area is 131 Å². The van der Waals surface area contributed by atoms with E-state index >= 15 is 0 Å². The Bertz CT molecular complexity index is 554. The molecule has 0 fully saturated rings. The highest BCUT2D eigenvalue weighted by atomic mass is 32.2. The van der Waals surface area contributed by atoms with Gasteiger partial charge in [0.15, 0.2) is 11.5 Å². The molecule has 1 atom stereocenters. The average molecular weight is 332 g/mol. The third kappa shape index (κ3) is 8.90. The van der Waals surface area contributed by atoms with E-state index in [1.165, 1.54) is 12.1 Å². The second-order valence-corrected chi connectivity index (χ2v) is 10.0. The highest BCUT2D eigenvalue weighted by Crippen LogP contribution is 2.16. The van der Waals surface area contributed by atoms with Gasteiger partial charge in [-0.2, -0.15) is 0 Å². The molecular formula is C15H24O4S2. The van der Waals surface area contributed by atoms with Crippen molar-refractivity contribution < 1.29 is 17.8 Å². The van der Waals surface area contributed by atoms with E-state index in [1.54, 1.807) is 19.1 Å². The van der Waals surface area contributed by atoms with Crippen LogP contribution in [0.1, 0.15) is 33.3 Å². The Morgan fingerprint density at radius 1 is 1.19 bits per heavy atom. The van der Waals surface area contributed by atoms with Gasteiger partial charge in [0.2, 0.25) is 0 Å². The Morgan fingerprint density at radius 2 is 1.62 bits per heavy atom. The molecule has 0 spiro atoms. The summed E-state index contributed by atoms with van der Waals surface area (Å²) in [6.07, 6.45) is 2.15. The summed E-state index contributed by atoms with van der Waals surface area (Å²) in [5.41, 5.74) is 0.928. The number of aryl methyl sites for hydroxylation is 1. The SMILES string of the molecule is CC(=O)C[S+](C)C(C)(C)C.Cc1ccc(S(=O)(=O)[O-])cc1. The lowest BCUT2D eigenvalue weighted by molar-refractivity contribution is -0.114. The van der Waals surface area contributed by atoms with Crippen LogP contribution < -0.4 is 0 Å². The summed E-state index contributed by atoms with van der Waals surface area (Å²) in [7, 11) is -4.04. The summed E-state index contributed by atoms with van der Waals surface area (Å²) in [6, 6.07) is 5.78. The third-order valence-electron chi connectivity index (χ3n) is 2.77. The molecule has 1 aromatic carbocycles. The molecular weight excluding hydrogens is 308 g/mol. The van der Waals surface area contributed by atoms with Gasteiger partial charge in [0.25, 0.3) is 0 Å². The van der Waals surface area contributed by atoms with Gasteiger partial charge in [-0.1, -0.05) is 17.7 Å². The smallest absolute Gasteiger partial charge is 0.178 e. The normalized spacial score (nSPS) is 13.1. The molecule has 1 unspecified atom stereocenters. The standard InChI is InChI=1S/C8H17OS.C7H8O3S/c1-7(9)6-10(5)8(2,3)4;1-6-2-4-7(5-3-6)11(8,9)10/h6H2,1-5H3;2-5H,1H3,(H,8,9,10)/q+1;/p-1. The fraction of sp³-hybridized carbons (Fsp3) is 0.533. The van der Waals surface area contributed by atoms with Crippen molar-refractivity contribution in [3.8, 4) is 0 Å². The van der Waals surface area contributed by atoms with Gasteiger partial charge in [0.05, 0.1) is 11.2 Å². The number of hydrogen-bond acceptors (Lipinski definition) is 4. The Morgan fingerprint density at radius 3 is 1.86 bits per heavy atom. The van der Waals surface area contributed by atoms with Crippen molar-refractivity contribution in [1.29, 1.82) is 0 Å². The van der Waals surface area contributed by atoms with Crippen LogP contribution in [0.25, 0.3) is 0 Å². The van der Waals surface area contributed by atoms with Crippen LogP contribution in [0.15, 0.2) is 29.2 Å². The summed E-state index contributed by atoms with van der Waals surface area (Å²) in [6.45, 7) is 10.0. The first-order valence-corrected chi connectivity index (χ1v) is 9.69. The van der Waals surface area contributed by atoms with Gasteiger partial charge in [0.1, 0.15) is 14.9 Å². The first kappa shape index (κ1) is 20.1. The minimum absolute atomic E-state index is 0.178. The molecule has 4 nitrogen and oxygen atoms in total. The minimum atomic E-state index is -4.27. The quantitative estimate of drug-likeness (QED) is 0.630. The monoisotopic (exact) mass is 332 g/mol. The Kier molecular flexibility index (Phi) is 7.64. The number of ketones is 1. The minimum Gasteiger partial charge on any atom is -0.744 e. The predicted molar refractivity (Wildman–Crippen MR) is 87.7 cm³/mol. The fourth-order valence-corrected chi connectivity index (χ4v) is 2.74. The van der Waals surface area contributed by atoms with Gasteiger partial charge in [-0.25, -0.2) is 8.42 Å². The van der Waals surface area contributed by atoms with Gasteiger partial charge >= 0.3 is 0 Å². The van der Waals surface area contributed by atoms with Crippen molar-refractivity contribution >= 4 is 26.8 Å². The summed E-state index contributed by atoms with van der Waals surface area (Å²) >= 11 is 0. The number of carbonyl (C=O) groups is 1. The van der Waals surface area contributed by atoms with Crippen molar-refractivity contribution in [3.63, 3.8) is 0 Å². The molecule has 0 aliphatic rings. The van der Waals surface area contributed by atoms with E-state index in [4.69, 9.17) is 0 Å². The first-order chi connectivity index (χ1) is 9.34. The van der Waals surface area contributed by atoms with Crippen LogP contribution in [0.2, 0.25) is 0 Å². The second-order valence-electron chi connectivity index (χ2n) is 5.86. The van der Waals surface area contributed by atoms with E-state index in [0.29, 0.717) is 10.5 Å². The maximum absolute atomic E-state index is 10.7. The molecule has 1 rings (SSSR count). The summed E-state index contributed by atoms with van der Waals surface area (Å²) in [5.74, 6) is 1.05. The Balaban J connectivity index is 0.000000384. The lowest BCUT2D eigenvalue weighted by atomic mass is 10.2. The highest BCUT2D eigenvalue weighted by molar-refractivity contribution is 7.98. The van der Waals surface area contributed by atoms with Crippen LogP contribution in [0, 0.1) is 6.92 Å². The van der Waals surface area contributed by atoms with E-state index < -0.39 is 10.1 Å². The zero-order valence-electron chi connectivity index (χ0n) is 13.5. The third-order valence-corrected chi connectivity index (χ3v) is 6.55. The van der Waals surface area contributed by atoms with Gasteiger partial charge in [-0.05, 0) is 57.6 Å². The fourth-order valence-electron chi connectivity index (χ4n) is 1.23. The topological polar surface area (TPSA) is 74.3 Å². The number of hydrogen-bond donors (Lipinski definition) is 0. The second kappa shape index (κ2) is 7.96.